The van der Waals surface area contributed by atoms with Gasteiger partial charge in [0, 0.05) is 15.6 Å². The summed E-state index contributed by atoms with van der Waals surface area (Å²) in [5, 5.41) is 0. The van der Waals surface area contributed by atoms with Crippen LogP contribution in [0.25, 0.3) is 0 Å². The molecule has 0 bridgehead atoms. The molecule has 2 rings (SSSR count). The fourth-order valence-corrected chi connectivity index (χ4v) is 1.92. The van der Waals surface area contributed by atoms with Gasteiger partial charge in [0.1, 0.15) is 6.29 Å². The molecule has 1 aromatic carbocycles. The fraction of sp³-hybridized carbons (Fsp3) is 0.417. The molecule has 0 N–H and O–H groups in total. The Hall–Kier alpha value is -0.710. The number of aldehydes is 1. The second-order valence-corrected chi connectivity index (χ2v) is 3.92. The molecular formula is C12H15BrO3. The molecule has 0 saturated carbocycles. The van der Waals surface area contributed by atoms with Gasteiger partial charge in [0.25, 0.3) is 0 Å². The lowest BCUT2D eigenvalue weighted by atomic mass is 10.1. The lowest BCUT2D eigenvalue weighted by Gasteiger charge is -2.09. The second kappa shape index (κ2) is 6.78. The van der Waals surface area contributed by atoms with Gasteiger partial charge in [-0.25, -0.2) is 0 Å². The van der Waals surface area contributed by atoms with Gasteiger partial charge in [0.05, 0.1) is 13.2 Å². The van der Waals surface area contributed by atoms with Gasteiger partial charge in [-0.05, 0) is 18.2 Å². The summed E-state index contributed by atoms with van der Waals surface area (Å²) < 4.78 is 11.5. The van der Waals surface area contributed by atoms with Crippen molar-refractivity contribution in [3.8, 4) is 0 Å². The first-order valence-corrected chi connectivity index (χ1v) is 6.08. The standard InChI is InChI=1S/C10H9BrO3.C2H6/c11-9-4-7(6-12)3-8(5-9)10-13-1-2-14-10;1-2/h3-6,10H,1-2H2;1-2H3. The first kappa shape index (κ1) is 13.4. The maximum absolute atomic E-state index is 10.6. The van der Waals surface area contributed by atoms with E-state index in [0.29, 0.717) is 18.8 Å². The molecule has 1 aliphatic rings. The van der Waals surface area contributed by atoms with Crippen LogP contribution in [0, 0.1) is 0 Å². The highest BCUT2D eigenvalue weighted by molar-refractivity contribution is 9.10. The van der Waals surface area contributed by atoms with E-state index in [-0.39, 0.29) is 6.29 Å². The molecule has 1 fully saturated rings. The summed E-state index contributed by atoms with van der Waals surface area (Å²) in [6.45, 7) is 5.21. The van der Waals surface area contributed by atoms with Crippen LogP contribution in [-0.2, 0) is 9.47 Å². The van der Waals surface area contributed by atoms with Crippen LogP contribution in [0.2, 0.25) is 0 Å². The van der Waals surface area contributed by atoms with Crippen molar-refractivity contribution in [2.45, 2.75) is 20.1 Å². The largest absolute Gasteiger partial charge is 0.346 e. The van der Waals surface area contributed by atoms with Gasteiger partial charge in [0.15, 0.2) is 6.29 Å². The van der Waals surface area contributed by atoms with E-state index in [0.717, 1.165) is 16.3 Å². The van der Waals surface area contributed by atoms with Crippen molar-refractivity contribution in [3.05, 3.63) is 33.8 Å². The van der Waals surface area contributed by atoms with Crippen molar-refractivity contribution in [2.75, 3.05) is 13.2 Å². The van der Waals surface area contributed by atoms with Gasteiger partial charge in [-0.1, -0.05) is 29.8 Å². The van der Waals surface area contributed by atoms with Gasteiger partial charge in [-0.3, -0.25) is 4.79 Å². The fourth-order valence-electron chi connectivity index (χ4n) is 1.39. The monoisotopic (exact) mass is 286 g/mol. The quantitative estimate of drug-likeness (QED) is 0.783. The van der Waals surface area contributed by atoms with Crippen molar-refractivity contribution < 1.29 is 14.3 Å². The normalized spacial score (nSPS) is 15.4. The summed E-state index contributed by atoms with van der Waals surface area (Å²) in [6, 6.07) is 5.42. The Kier molecular flexibility index (Phi) is 5.66. The van der Waals surface area contributed by atoms with Gasteiger partial charge in [0.2, 0.25) is 0 Å². The summed E-state index contributed by atoms with van der Waals surface area (Å²) >= 11 is 3.33. The lowest BCUT2D eigenvalue weighted by Crippen LogP contribution is -1.99. The van der Waals surface area contributed by atoms with Crippen LogP contribution >= 0.6 is 15.9 Å². The van der Waals surface area contributed by atoms with Crippen LogP contribution in [0.4, 0.5) is 0 Å². The highest BCUT2D eigenvalue weighted by atomic mass is 79.9. The Morgan fingerprint density at radius 2 is 1.88 bits per heavy atom. The number of benzene rings is 1. The van der Waals surface area contributed by atoms with Crippen LogP contribution < -0.4 is 0 Å². The summed E-state index contributed by atoms with van der Waals surface area (Å²) in [5.41, 5.74) is 1.49. The van der Waals surface area contributed by atoms with Gasteiger partial charge >= 0.3 is 0 Å². The lowest BCUT2D eigenvalue weighted by molar-refractivity contribution is -0.0441. The Morgan fingerprint density at radius 3 is 2.44 bits per heavy atom. The van der Waals surface area contributed by atoms with Crippen molar-refractivity contribution >= 4 is 22.2 Å². The third-order valence-electron chi connectivity index (χ3n) is 1.97. The zero-order valence-electron chi connectivity index (χ0n) is 9.40. The van der Waals surface area contributed by atoms with Crippen molar-refractivity contribution in [1.82, 2.24) is 0 Å². The molecule has 3 nitrogen and oxygen atoms in total. The van der Waals surface area contributed by atoms with E-state index in [4.69, 9.17) is 9.47 Å². The van der Waals surface area contributed by atoms with E-state index in [1.165, 1.54) is 0 Å². The van der Waals surface area contributed by atoms with Crippen LogP contribution in [-0.4, -0.2) is 19.5 Å². The molecule has 1 aromatic rings. The minimum absolute atomic E-state index is 0.328. The number of carbonyl (C=O) groups excluding carboxylic acids is 1. The summed E-state index contributed by atoms with van der Waals surface area (Å²) in [6.07, 6.45) is 0.481. The van der Waals surface area contributed by atoms with Crippen molar-refractivity contribution in [2.24, 2.45) is 0 Å². The molecule has 0 aromatic heterocycles. The minimum atomic E-state index is -0.328. The Bertz CT molecular complexity index is 346. The number of rotatable bonds is 2. The molecule has 1 saturated heterocycles. The molecule has 0 spiro atoms. The summed E-state index contributed by atoms with van der Waals surface area (Å²) in [5.74, 6) is 0. The molecule has 16 heavy (non-hydrogen) atoms. The van der Waals surface area contributed by atoms with Crippen LogP contribution in [0.5, 0.6) is 0 Å². The van der Waals surface area contributed by atoms with Gasteiger partial charge in [-0.15, -0.1) is 0 Å². The highest BCUT2D eigenvalue weighted by Gasteiger charge is 2.18. The van der Waals surface area contributed by atoms with Crippen LogP contribution in [0.3, 0.4) is 0 Å². The Balaban J connectivity index is 0.000000606. The minimum Gasteiger partial charge on any atom is -0.346 e. The van der Waals surface area contributed by atoms with E-state index in [1.807, 2.05) is 19.9 Å². The average molecular weight is 287 g/mol. The molecule has 0 radical (unpaired) electrons. The molecule has 88 valence electrons. The predicted molar refractivity (Wildman–Crippen MR) is 65.5 cm³/mol. The average Bonchev–Trinajstić information content (AvgIpc) is 2.84. The number of carbonyl (C=O) groups is 1. The Labute approximate surface area is 104 Å². The molecule has 0 aliphatic carbocycles. The molecule has 1 aliphatic heterocycles. The van der Waals surface area contributed by atoms with Crippen molar-refractivity contribution in [1.29, 1.82) is 0 Å². The number of halogens is 1. The third kappa shape index (κ3) is 3.40. The third-order valence-corrected chi connectivity index (χ3v) is 2.43. The van der Waals surface area contributed by atoms with E-state index < -0.39 is 0 Å². The summed E-state index contributed by atoms with van der Waals surface area (Å²) in [4.78, 5) is 10.6. The first-order chi connectivity index (χ1) is 7.79. The predicted octanol–water partition coefficient (Wildman–Crippen LogP) is 3.33. The molecule has 0 amide bonds. The molecule has 0 unspecified atom stereocenters. The molecule has 4 heteroatoms. The Morgan fingerprint density at radius 1 is 1.25 bits per heavy atom. The van der Waals surface area contributed by atoms with Crippen molar-refractivity contribution in [3.63, 3.8) is 0 Å². The second-order valence-electron chi connectivity index (χ2n) is 3.01. The van der Waals surface area contributed by atoms with Gasteiger partial charge in [-0.2, -0.15) is 0 Å². The maximum atomic E-state index is 10.6. The summed E-state index contributed by atoms with van der Waals surface area (Å²) in [7, 11) is 0. The van der Waals surface area contributed by atoms with E-state index >= 15 is 0 Å². The van der Waals surface area contributed by atoms with Crippen LogP contribution in [0.1, 0.15) is 36.1 Å². The zero-order valence-corrected chi connectivity index (χ0v) is 11.0. The molecule has 0 atom stereocenters. The topological polar surface area (TPSA) is 35.5 Å². The zero-order chi connectivity index (χ0) is 12.0. The smallest absolute Gasteiger partial charge is 0.184 e. The van der Waals surface area contributed by atoms with E-state index in [2.05, 4.69) is 15.9 Å². The van der Waals surface area contributed by atoms with Crippen LogP contribution in [0.15, 0.2) is 22.7 Å². The number of hydrogen-bond acceptors (Lipinski definition) is 3. The first-order valence-electron chi connectivity index (χ1n) is 5.28. The van der Waals surface area contributed by atoms with E-state index in [9.17, 15) is 4.79 Å². The highest BCUT2D eigenvalue weighted by Crippen LogP contribution is 2.26. The molecule has 1 heterocycles. The number of hydrogen-bond donors (Lipinski definition) is 0. The number of ether oxygens (including phenoxy) is 2. The SMILES string of the molecule is CC.O=Cc1cc(Br)cc(C2OCCO2)c1. The van der Waals surface area contributed by atoms with E-state index in [1.54, 1.807) is 12.1 Å². The van der Waals surface area contributed by atoms with Gasteiger partial charge < -0.3 is 9.47 Å². The molecular weight excluding hydrogens is 272 g/mol. The maximum Gasteiger partial charge on any atom is 0.184 e.